The number of amides is 1. The Kier molecular flexibility index (Phi) is 12.7. The number of cyclic esters (lactones) is 1. The molecule has 2 bridgehead atoms. The number of esters is 1. The normalized spacial score (nSPS) is 41.6. The Morgan fingerprint density at radius 2 is 1.75 bits per heavy atom. The van der Waals surface area contributed by atoms with Crippen LogP contribution in [0.3, 0.4) is 0 Å². The van der Waals surface area contributed by atoms with E-state index in [9.17, 15) is 19.5 Å². The number of hydrogen-bond acceptors (Lipinski definition) is 13. The molecule has 14 nitrogen and oxygen atoms in total. The number of aliphatic hydroxyl groups excluding tert-OH is 1. The molecule has 4 aliphatic rings. The zero-order chi connectivity index (χ0) is 38.0. The molecule has 14 heteroatoms. The van der Waals surface area contributed by atoms with Gasteiger partial charge in [-0.2, -0.15) is 5.10 Å². The summed E-state index contributed by atoms with van der Waals surface area (Å²) in [5.41, 5.74) is 1.89. The van der Waals surface area contributed by atoms with Crippen LogP contribution in [0.2, 0.25) is 0 Å². The number of Topliss-reactive ketones (excluding diaryl/α,β-unsaturated/α-hetero) is 1. The molecule has 4 saturated heterocycles. The van der Waals surface area contributed by atoms with Gasteiger partial charge in [0, 0.05) is 24.3 Å². The first-order valence-electron chi connectivity index (χ1n) is 18.6. The summed E-state index contributed by atoms with van der Waals surface area (Å²) in [5.74, 6) is -2.78. The van der Waals surface area contributed by atoms with Gasteiger partial charge in [0.2, 0.25) is 0 Å². The van der Waals surface area contributed by atoms with Gasteiger partial charge in [0.25, 0.3) is 0 Å². The third-order valence-corrected chi connectivity index (χ3v) is 11.4. The van der Waals surface area contributed by atoms with Crippen molar-refractivity contribution < 1.29 is 47.9 Å². The van der Waals surface area contributed by atoms with Crippen LogP contribution in [0.5, 0.6) is 0 Å². The van der Waals surface area contributed by atoms with Crippen molar-refractivity contribution in [3.05, 3.63) is 30.3 Å². The summed E-state index contributed by atoms with van der Waals surface area (Å²) in [6, 6.07) is 8.48. The molecule has 1 amide bonds. The summed E-state index contributed by atoms with van der Waals surface area (Å²) in [6.45, 7) is 12.8. The lowest BCUT2D eigenvalue weighted by atomic mass is 9.75. The van der Waals surface area contributed by atoms with E-state index in [1.54, 1.807) is 20.8 Å². The Morgan fingerprint density at radius 1 is 1.04 bits per heavy atom. The van der Waals surface area contributed by atoms with Gasteiger partial charge in [-0.05, 0) is 73.2 Å². The zero-order valence-electron chi connectivity index (χ0n) is 32.0. The fourth-order valence-corrected chi connectivity index (χ4v) is 8.17. The van der Waals surface area contributed by atoms with Crippen molar-refractivity contribution in [3.63, 3.8) is 0 Å². The number of ketones is 1. The highest BCUT2D eigenvalue weighted by atomic mass is 16.7. The number of ether oxygens (including phenoxy) is 6. The Hall–Kier alpha value is -3.14. The molecule has 4 heterocycles. The molecule has 0 spiro atoms. The SMILES string of the molecule is CC[C@H]1OC(=O)[C@H](C)[C@H]2C[C@@H](OC3O[C@H](C)C[C@H](N(C)C)[C@H]3O)[C@](C)(C[C@@H](C)C(=O)[C@H](C)C3NC(=O)OC31C)OC/C(=N/Nc1ccccc1)CO2. The minimum atomic E-state index is -1.30. The Balaban J connectivity index is 1.58. The molecule has 0 radical (unpaired) electrons. The third-order valence-electron chi connectivity index (χ3n) is 11.4. The molecule has 1 aromatic carbocycles. The van der Waals surface area contributed by atoms with E-state index in [1.165, 1.54) is 0 Å². The lowest BCUT2D eigenvalue weighted by Gasteiger charge is -2.46. The summed E-state index contributed by atoms with van der Waals surface area (Å²) in [7, 11) is 3.81. The fraction of sp³-hybridized carbons (Fsp3) is 0.737. The average molecular weight is 731 g/mol. The maximum absolute atomic E-state index is 14.3. The van der Waals surface area contributed by atoms with Gasteiger partial charge in [-0.15, -0.1) is 0 Å². The van der Waals surface area contributed by atoms with E-state index in [0.717, 1.165) is 5.69 Å². The van der Waals surface area contributed by atoms with E-state index in [1.807, 2.05) is 77.0 Å². The van der Waals surface area contributed by atoms with Crippen LogP contribution >= 0.6 is 0 Å². The van der Waals surface area contributed by atoms with Gasteiger partial charge in [0.15, 0.2) is 11.9 Å². The van der Waals surface area contributed by atoms with E-state index < -0.39 is 77.8 Å². The smallest absolute Gasteiger partial charge is 0.408 e. The third kappa shape index (κ3) is 8.63. The number of carbonyl (C=O) groups is 3. The van der Waals surface area contributed by atoms with E-state index >= 15 is 0 Å². The lowest BCUT2D eigenvalue weighted by molar-refractivity contribution is -0.294. The van der Waals surface area contributed by atoms with Crippen molar-refractivity contribution in [2.45, 2.75) is 134 Å². The number of nitrogens with zero attached hydrogens (tertiary/aromatic N) is 2. The van der Waals surface area contributed by atoms with Crippen LogP contribution in [0.15, 0.2) is 35.4 Å². The number of aliphatic hydroxyl groups is 1. The Bertz CT molecular complexity index is 1450. The van der Waals surface area contributed by atoms with Crippen LogP contribution in [0, 0.1) is 17.8 Å². The molecule has 0 aliphatic carbocycles. The molecule has 290 valence electrons. The van der Waals surface area contributed by atoms with Crippen LogP contribution in [-0.4, -0.2) is 121 Å². The monoisotopic (exact) mass is 730 g/mol. The molecule has 4 fully saturated rings. The molecule has 0 aromatic heterocycles. The second-order valence-corrected chi connectivity index (χ2v) is 15.7. The minimum Gasteiger partial charge on any atom is -0.458 e. The summed E-state index contributed by atoms with van der Waals surface area (Å²) >= 11 is 0. The van der Waals surface area contributed by atoms with E-state index in [4.69, 9.17) is 28.4 Å². The summed E-state index contributed by atoms with van der Waals surface area (Å²) in [4.78, 5) is 43.1. The maximum atomic E-state index is 14.3. The number of alkyl carbamates (subject to hydrolysis) is 1. The molecule has 3 unspecified atom stereocenters. The second-order valence-electron chi connectivity index (χ2n) is 15.7. The standard InChI is InChI=1S/C38H58N4O10/c1-10-29-38(7)33(39-36(46)52-38)24(5)31(43)21(2)18-37(6)30(51-35-32(44)27(42(8)9)16-22(3)49-35)17-28(23(4)34(45)50-29)47-19-26(20-48-37)41-40-25-14-12-11-13-15-25/h11-15,21-24,27-30,32-33,35,40,44H,10,16-20H2,1-9H3,(H,39,46)/b41-26+/t21-,22-,23-,24+,27+,28-,29-,30-,32-,33?,35?,37+,38?/m1/s1. The number of benzene rings is 1. The van der Waals surface area contributed by atoms with Crippen LogP contribution < -0.4 is 10.7 Å². The largest absolute Gasteiger partial charge is 0.458 e. The van der Waals surface area contributed by atoms with Crippen molar-refractivity contribution in [3.8, 4) is 0 Å². The van der Waals surface area contributed by atoms with Gasteiger partial charge in [-0.3, -0.25) is 15.0 Å². The molecule has 52 heavy (non-hydrogen) atoms. The van der Waals surface area contributed by atoms with Crippen molar-refractivity contribution in [1.82, 2.24) is 10.2 Å². The predicted octanol–water partition coefficient (Wildman–Crippen LogP) is 3.90. The topological polar surface area (TPSA) is 166 Å². The summed E-state index contributed by atoms with van der Waals surface area (Å²) in [5, 5.41) is 19.0. The van der Waals surface area contributed by atoms with Gasteiger partial charge in [0.05, 0.1) is 60.5 Å². The highest BCUT2D eigenvalue weighted by Crippen LogP contribution is 2.40. The first kappa shape index (κ1) is 40.1. The van der Waals surface area contributed by atoms with E-state index in [2.05, 4.69) is 15.8 Å². The fourth-order valence-electron chi connectivity index (χ4n) is 8.17. The van der Waals surface area contributed by atoms with Gasteiger partial charge < -0.3 is 43.7 Å². The highest BCUT2D eigenvalue weighted by Gasteiger charge is 2.57. The van der Waals surface area contributed by atoms with Crippen molar-refractivity contribution in [2.75, 3.05) is 32.7 Å². The Morgan fingerprint density at radius 3 is 2.42 bits per heavy atom. The first-order chi connectivity index (χ1) is 24.6. The van der Waals surface area contributed by atoms with Gasteiger partial charge in [-0.25, -0.2) is 4.79 Å². The number of carbonyl (C=O) groups excluding carboxylic acids is 3. The van der Waals surface area contributed by atoms with Crippen LogP contribution in [0.1, 0.15) is 74.1 Å². The number of hydrazone groups is 1. The van der Waals surface area contributed by atoms with Gasteiger partial charge in [-0.1, -0.05) is 39.0 Å². The van der Waals surface area contributed by atoms with Gasteiger partial charge in [0.1, 0.15) is 18.0 Å². The van der Waals surface area contributed by atoms with Crippen molar-refractivity contribution in [2.24, 2.45) is 22.9 Å². The number of anilines is 1. The van der Waals surface area contributed by atoms with Crippen LogP contribution in [-0.2, 0) is 38.0 Å². The molecule has 0 saturated carbocycles. The van der Waals surface area contributed by atoms with Crippen molar-refractivity contribution in [1.29, 1.82) is 0 Å². The summed E-state index contributed by atoms with van der Waals surface area (Å²) in [6.07, 6.45) is -4.05. The predicted molar refractivity (Wildman–Crippen MR) is 193 cm³/mol. The second kappa shape index (κ2) is 16.5. The molecule has 3 N–H and O–H groups in total. The summed E-state index contributed by atoms with van der Waals surface area (Å²) < 4.78 is 38.3. The van der Waals surface area contributed by atoms with Crippen LogP contribution in [0.4, 0.5) is 10.5 Å². The molecular weight excluding hydrogens is 672 g/mol. The zero-order valence-corrected chi connectivity index (χ0v) is 32.0. The number of rotatable bonds is 6. The number of likely N-dealkylation sites (N-methyl/N-ethyl adjacent to an activating group) is 1. The molecule has 5 rings (SSSR count). The van der Waals surface area contributed by atoms with Gasteiger partial charge >= 0.3 is 12.1 Å². The number of fused-ring (bicyclic) bond motifs is 4. The number of nitrogens with one attached hydrogen (secondary N) is 2. The average Bonchev–Trinajstić information content (AvgIpc) is 3.45. The minimum absolute atomic E-state index is 0.0194. The maximum Gasteiger partial charge on any atom is 0.408 e. The van der Waals surface area contributed by atoms with Crippen molar-refractivity contribution >= 4 is 29.2 Å². The Labute approximate surface area is 307 Å². The molecular formula is C38H58N4O10. The highest BCUT2D eigenvalue weighted by molar-refractivity contribution is 5.88. The lowest BCUT2D eigenvalue weighted by Crippen LogP contribution is -2.59. The van der Waals surface area contributed by atoms with E-state index in [-0.39, 0.29) is 44.0 Å². The number of hydrogen-bond donors (Lipinski definition) is 3. The quantitative estimate of drug-likeness (QED) is 0.286. The molecule has 13 atom stereocenters. The number of para-hydroxylation sites is 1. The molecule has 4 aliphatic heterocycles. The first-order valence-corrected chi connectivity index (χ1v) is 18.6. The van der Waals surface area contributed by atoms with E-state index in [0.29, 0.717) is 18.6 Å². The molecule has 1 aromatic rings. The van der Waals surface area contributed by atoms with Crippen LogP contribution in [0.25, 0.3) is 0 Å².